The standard InChI is InChI=1S/C16H13FN2O2/c1-9-3-10(2)14-13(4-9)19(16(21)15(14)20)8-11-5-12(17)7-18-6-11/h3-7H,8H2,1-2H3. The van der Waals surface area contributed by atoms with E-state index in [4.69, 9.17) is 0 Å². The van der Waals surface area contributed by atoms with Crippen LogP contribution in [0.2, 0.25) is 0 Å². The Bertz CT molecular complexity index is 771. The van der Waals surface area contributed by atoms with E-state index in [1.807, 2.05) is 19.9 Å². The molecule has 5 heteroatoms. The summed E-state index contributed by atoms with van der Waals surface area (Å²) in [6.07, 6.45) is 2.59. The van der Waals surface area contributed by atoms with Gasteiger partial charge in [0.25, 0.3) is 11.7 Å². The maximum atomic E-state index is 13.2. The third-order valence-electron chi connectivity index (χ3n) is 3.52. The molecule has 1 aliphatic rings. The summed E-state index contributed by atoms with van der Waals surface area (Å²) in [5.41, 5.74) is 3.32. The minimum Gasteiger partial charge on any atom is -0.300 e. The largest absolute Gasteiger partial charge is 0.300 e. The van der Waals surface area contributed by atoms with E-state index < -0.39 is 17.5 Å². The average molecular weight is 284 g/mol. The summed E-state index contributed by atoms with van der Waals surface area (Å²) in [6, 6.07) is 4.99. The maximum absolute atomic E-state index is 13.2. The quantitative estimate of drug-likeness (QED) is 0.796. The molecular weight excluding hydrogens is 271 g/mol. The highest BCUT2D eigenvalue weighted by atomic mass is 19.1. The summed E-state index contributed by atoms with van der Waals surface area (Å²) in [4.78, 5) is 29.4. The van der Waals surface area contributed by atoms with Crippen molar-refractivity contribution >= 4 is 17.4 Å². The molecule has 1 amide bonds. The van der Waals surface area contributed by atoms with Crippen molar-refractivity contribution in [2.45, 2.75) is 20.4 Å². The number of pyridine rings is 1. The molecule has 0 spiro atoms. The van der Waals surface area contributed by atoms with Gasteiger partial charge < -0.3 is 4.90 Å². The molecular formula is C16H13FN2O2. The number of nitrogens with zero attached hydrogens (tertiary/aromatic N) is 2. The number of aryl methyl sites for hydroxylation is 2. The lowest BCUT2D eigenvalue weighted by molar-refractivity contribution is -0.114. The Morgan fingerprint density at radius 2 is 1.90 bits per heavy atom. The normalized spacial score (nSPS) is 13.8. The third kappa shape index (κ3) is 2.20. The van der Waals surface area contributed by atoms with E-state index >= 15 is 0 Å². The van der Waals surface area contributed by atoms with Gasteiger partial charge in [-0.1, -0.05) is 6.07 Å². The van der Waals surface area contributed by atoms with Gasteiger partial charge in [0.1, 0.15) is 5.82 Å². The Morgan fingerprint density at radius 3 is 2.62 bits per heavy atom. The fraction of sp³-hybridized carbons (Fsp3) is 0.188. The van der Waals surface area contributed by atoms with Crippen LogP contribution in [0.1, 0.15) is 27.0 Å². The molecule has 0 unspecified atom stereocenters. The van der Waals surface area contributed by atoms with E-state index in [0.29, 0.717) is 16.8 Å². The van der Waals surface area contributed by atoms with E-state index in [9.17, 15) is 14.0 Å². The molecule has 0 aliphatic carbocycles. The van der Waals surface area contributed by atoms with Crippen molar-refractivity contribution in [3.05, 3.63) is 58.7 Å². The zero-order valence-electron chi connectivity index (χ0n) is 11.7. The number of aromatic nitrogens is 1. The molecule has 106 valence electrons. The number of anilines is 1. The van der Waals surface area contributed by atoms with Gasteiger partial charge in [-0.25, -0.2) is 4.39 Å². The number of hydrogen-bond donors (Lipinski definition) is 0. The van der Waals surface area contributed by atoms with Gasteiger partial charge in [0.15, 0.2) is 0 Å². The lowest BCUT2D eigenvalue weighted by atomic mass is 10.0. The highest BCUT2D eigenvalue weighted by Crippen LogP contribution is 2.33. The molecule has 4 nitrogen and oxygen atoms in total. The van der Waals surface area contributed by atoms with Crippen LogP contribution in [0.5, 0.6) is 0 Å². The topological polar surface area (TPSA) is 50.3 Å². The van der Waals surface area contributed by atoms with E-state index in [1.165, 1.54) is 17.2 Å². The molecule has 0 atom stereocenters. The molecule has 2 heterocycles. The van der Waals surface area contributed by atoms with Gasteiger partial charge in [-0.15, -0.1) is 0 Å². The summed E-state index contributed by atoms with van der Waals surface area (Å²) in [5, 5.41) is 0. The van der Waals surface area contributed by atoms with Gasteiger partial charge in [-0.05, 0) is 42.7 Å². The van der Waals surface area contributed by atoms with E-state index in [-0.39, 0.29) is 6.54 Å². The summed E-state index contributed by atoms with van der Waals surface area (Å²) in [6.45, 7) is 3.85. The first-order chi connectivity index (χ1) is 9.97. The molecule has 0 saturated carbocycles. The minimum absolute atomic E-state index is 0.130. The van der Waals surface area contributed by atoms with Gasteiger partial charge in [0.2, 0.25) is 0 Å². The molecule has 21 heavy (non-hydrogen) atoms. The summed E-state index contributed by atoms with van der Waals surface area (Å²) in [5.74, 6) is -1.55. The van der Waals surface area contributed by atoms with Crippen LogP contribution in [0.4, 0.5) is 10.1 Å². The van der Waals surface area contributed by atoms with Crippen molar-refractivity contribution in [3.8, 4) is 0 Å². The van der Waals surface area contributed by atoms with E-state index in [2.05, 4.69) is 4.98 Å². The number of benzene rings is 1. The number of Topliss-reactive ketones (excluding diaryl/α,β-unsaturated/α-hetero) is 1. The second-order valence-corrected chi connectivity index (χ2v) is 5.21. The van der Waals surface area contributed by atoms with Crippen LogP contribution in [-0.2, 0) is 11.3 Å². The molecule has 0 bridgehead atoms. The number of fused-ring (bicyclic) bond motifs is 1. The molecule has 2 aromatic rings. The number of carbonyl (C=O) groups excluding carboxylic acids is 2. The monoisotopic (exact) mass is 284 g/mol. The van der Waals surface area contributed by atoms with Gasteiger partial charge in [-0.3, -0.25) is 14.6 Å². The summed E-state index contributed by atoms with van der Waals surface area (Å²) in [7, 11) is 0. The van der Waals surface area contributed by atoms with Gasteiger partial charge in [-0.2, -0.15) is 0 Å². The Hall–Kier alpha value is -2.56. The second kappa shape index (κ2) is 4.77. The van der Waals surface area contributed by atoms with Crippen LogP contribution in [-0.4, -0.2) is 16.7 Å². The predicted molar refractivity (Wildman–Crippen MR) is 75.6 cm³/mol. The van der Waals surface area contributed by atoms with Crippen molar-refractivity contribution in [1.82, 2.24) is 4.98 Å². The average Bonchev–Trinajstić information content (AvgIpc) is 2.64. The van der Waals surface area contributed by atoms with Crippen molar-refractivity contribution < 1.29 is 14.0 Å². The Kier molecular flexibility index (Phi) is 3.05. The Balaban J connectivity index is 2.05. The van der Waals surface area contributed by atoms with Gasteiger partial charge in [0.05, 0.1) is 24.0 Å². The van der Waals surface area contributed by atoms with Crippen LogP contribution < -0.4 is 4.90 Å². The Morgan fingerprint density at radius 1 is 1.14 bits per heavy atom. The SMILES string of the molecule is Cc1cc(C)c2c(c1)N(Cc1cncc(F)c1)C(=O)C2=O. The fourth-order valence-electron chi connectivity index (χ4n) is 2.67. The van der Waals surface area contributed by atoms with Gasteiger partial charge in [0, 0.05) is 6.20 Å². The van der Waals surface area contributed by atoms with Crippen molar-refractivity contribution in [2.24, 2.45) is 0 Å². The summed E-state index contributed by atoms with van der Waals surface area (Å²) >= 11 is 0. The molecule has 0 saturated heterocycles. The molecule has 1 aliphatic heterocycles. The molecule has 0 radical (unpaired) electrons. The number of carbonyl (C=O) groups is 2. The number of rotatable bonds is 2. The predicted octanol–water partition coefficient (Wildman–Crippen LogP) is 2.57. The zero-order chi connectivity index (χ0) is 15.1. The molecule has 3 rings (SSSR count). The van der Waals surface area contributed by atoms with Crippen LogP contribution in [0.3, 0.4) is 0 Å². The first kappa shape index (κ1) is 13.4. The number of amides is 1. The lowest BCUT2D eigenvalue weighted by Gasteiger charge is -2.17. The molecule has 1 aromatic heterocycles. The number of halogens is 1. The second-order valence-electron chi connectivity index (χ2n) is 5.21. The smallest absolute Gasteiger partial charge is 0.299 e. The van der Waals surface area contributed by atoms with E-state index in [0.717, 1.165) is 17.3 Å². The Labute approximate surface area is 121 Å². The first-order valence-corrected chi connectivity index (χ1v) is 6.54. The van der Waals surface area contributed by atoms with Gasteiger partial charge >= 0.3 is 0 Å². The van der Waals surface area contributed by atoms with Crippen molar-refractivity contribution in [3.63, 3.8) is 0 Å². The van der Waals surface area contributed by atoms with Crippen LogP contribution in [0, 0.1) is 19.7 Å². The fourth-order valence-corrected chi connectivity index (χ4v) is 2.67. The number of hydrogen-bond acceptors (Lipinski definition) is 3. The molecule has 1 aromatic carbocycles. The lowest BCUT2D eigenvalue weighted by Crippen LogP contribution is -2.29. The van der Waals surface area contributed by atoms with Crippen LogP contribution in [0.15, 0.2) is 30.6 Å². The summed E-state index contributed by atoms with van der Waals surface area (Å²) < 4.78 is 13.2. The minimum atomic E-state index is -0.581. The highest BCUT2D eigenvalue weighted by molar-refractivity contribution is 6.52. The number of ketones is 1. The first-order valence-electron chi connectivity index (χ1n) is 6.54. The zero-order valence-corrected chi connectivity index (χ0v) is 11.7. The highest BCUT2D eigenvalue weighted by Gasteiger charge is 2.37. The third-order valence-corrected chi connectivity index (χ3v) is 3.52. The van der Waals surface area contributed by atoms with Crippen molar-refractivity contribution in [2.75, 3.05) is 4.90 Å². The van der Waals surface area contributed by atoms with Crippen LogP contribution >= 0.6 is 0 Å². The maximum Gasteiger partial charge on any atom is 0.299 e. The molecule has 0 fully saturated rings. The van der Waals surface area contributed by atoms with Crippen molar-refractivity contribution in [1.29, 1.82) is 0 Å². The van der Waals surface area contributed by atoms with Crippen LogP contribution in [0.25, 0.3) is 0 Å². The van der Waals surface area contributed by atoms with E-state index in [1.54, 1.807) is 6.07 Å². The molecule has 0 N–H and O–H groups in total.